The molecular formula is C21H25FN2O2. The van der Waals surface area contributed by atoms with Gasteiger partial charge in [0.25, 0.3) is 0 Å². The highest BCUT2D eigenvalue weighted by Crippen LogP contribution is 2.31. The van der Waals surface area contributed by atoms with Crippen molar-refractivity contribution in [1.82, 2.24) is 9.80 Å². The van der Waals surface area contributed by atoms with Crippen LogP contribution in [0.3, 0.4) is 0 Å². The van der Waals surface area contributed by atoms with Crippen molar-refractivity contribution in [3.8, 4) is 5.75 Å². The number of hydrogen-bond donors (Lipinski definition) is 0. The van der Waals surface area contributed by atoms with E-state index in [0.717, 1.165) is 30.0 Å². The summed E-state index contributed by atoms with van der Waals surface area (Å²) in [5.41, 5.74) is 2.09. The van der Waals surface area contributed by atoms with Gasteiger partial charge in [0.05, 0.1) is 13.2 Å². The first kappa shape index (κ1) is 18.4. The lowest BCUT2D eigenvalue weighted by Gasteiger charge is -2.40. The van der Waals surface area contributed by atoms with Gasteiger partial charge in [-0.3, -0.25) is 9.69 Å². The number of rotatable bonds is 5. The van der Waals surface area contributed by atoms with Crippen molar-refractivity contribution in [2.24, 2.45) is 0 Å². The Bertz CT molecular complexity index is 748. The molecule has 0 aliphatic carbocycles. The standard InChI is InChI=1S/C21H25FN2O2/c1-23-13-14-24(15-19(23)18-5-3-4-6-20(18)26-2)21(25)12-9-16-7-10-17(22)11-8-16/h3-8,10-11,19H,9,12-15H2,1-2H3. The van der Waals surface area contributed by atoms with Gasteiger partial charge >= 0.3 is 0 Å². The number of likely N-dealkylation sites (N-methyl/N-ethyl adjacent to an activating group) is 1. The summed E-state index contributed by atoms with van der Waals surface area (Å²) in [6.45, 7) is 2.20. The second-order valence-electron chi connectivity index (χ2n) is 6.70. The number of methoxy groups -OCH3 is 1. The maximum Gasteiger partial charge on any atom is 0.223 e. The zero-order valence-corrected chi connectivity index (χ0v) is 15.3. The number of amides is 1. The van der Waals surface area contributed by atoms with Gasteiger partial charge in [-0.05, 0) is 37.2 Å². The van der Waals surface area contributed by atoms with Crippen molar-refractivity contribution < 1.29 is 13.9 Å². The molecule has 0 bridgehead atoms. The predicted octanol–water partition coefficient (Wildman–Crippen LogP) is 3.28. The zero-order valence-electron chi connectivity index (χ0n) is 15.3. The Kier molecular flexibility index (Phi) is 5.89. The van der Waals surface area contributed by atoms with E-state index in [1.54, 1.807) is 19.2 Å². The average Bonchev–Trinajstić information content (AvgIpc) is 2.67. The number of hydrogen-bond acceptors (Lipinski definition) is 3. The van der Waals surface area contributed by atoms with Gasteiger partial charge in [-0.25, -0.2) is 4.39 Å². The van der Waals surface area contributed by atoms with Crippen molar-refractivity contribution in [3.05, 3.63) is 65.5 Å². The normalized spacial score (nSPS) is 18.0. The van der Waals surface area contributed by atoms with Gasteiger partial charge in [-0.15, -0.1) is 0 Å². The Morgan fingerprint density at radius 2 is 1.88 bits per heavy atom. The van der Waals surface area contributed by atoms with E-state index in [0.29, 0.717) is 19.4 Å². The third-order valence-electron chi connectivity index (χ3n) is 5.04. The molecule has 4 nitrogen and oxygen atoms in total. The summed E-state index contributed by atoms with van der Waals surface area (Å²) >= 11 is 0. The fraction of sp³-hybridized carbons (Fsp3) is 0.381. The molecule has 1 aliphatic rings. The van der Waals surface area contributed by atoms with Crippen LogP contribution in [0.25, 0.3) is 0 Å². The summed E-state index contributed by atoms with van der Waals surface area (Å²) in [6.07, 6.45) is 1.07. The third-order valence-corrected chi connectivity index (χ3v) is 5.04. The van der Waals surface area contributed by atoms with Gasteiger partial charge in [0.2, 0.25) is 5.91 Å². The van der Waals surface area contributed by atoms with Crippen LogP contribution in [0, 0.1) is 5.82 Å². The van der Waals surface area contributed by atoms with E-state index in [2.05, 4.69) is 18.0 Å². The molecule has 5 heteroatoms. The number of ether oxygens (including phenoxy) is 1. The summed E-state index contributed by atoms with van der Waals surface area (Å²) in [7, 11) is 3.75. The van der Waals surface area contributed by atoms with Crippen LogP contribution in [0.2, 0.25) is 0 Å². The van der Waals surface area contributed by atoms with Crippen LogP contribution < -0.4 is 4.74 Å². The summed E-state index contributed by atoms with van der Waals surface area (Å²) < 4.78 is 18.5. The molecule has 1 fully saturated rings. The number of carbonyl (C=O) groups excluding carboxylic acids is 1. The summed E-state index contributed by atoms with van der Waals surface area (Å²) in [4.78, 5) is 16.9. The molecule has 0 radical (unpaired) electrons. The van der Waals surface area contributed by atoms with Gasteiger partial charge in [-0.2, -0.15) is 0 Å². The molecule has 1 saturated heterocycles. The first-order valence-electron chi connectivity index (χ1n) is 8.94. The number of nitrogens with zero attached hydrogens (tertiary/aromatic N) is 2. The van der Waals surface area contributed by atoms with Gasteiger partial charge in [0.1, 0.15) is 11.6 Å². The quantitative estimate of drug-likeness (QED) is 0.824. The largest absolute Gasteiger partial charge is 0.496 e. The van der Waals surface area contributed by atoms with Crippen molar-refractivity contribution in [1.29, 1.82) is 0 Å². The Hall–Kier alpha value is -2.40. The highest BCUT2D eigenvalue weighted by molar-refractivity contribution is 5.76. The minimum Gasteiger partial charge on any atom is -0.496 e. The highest BCUT2D eigenvalue weighted by atomic mass is 19.1. The van der Waals surface area contributed by atoms with E-state index in [-0.39, 0.29) is 17.8 Å². The Balaban J connectivity index is 1.65. The van der Waals surface area contributed by atoms with Crippen LogP contribution in [0.1, 0.15) is 23.6 Å². The van der Waals surface area contributed by atoms with E-state index in [9.17, 15) is 9.18 Å². The molecule has 1 atom stereocenters. The van der Waals surface area contributed by atoms with Crippen LogP contribution in [0.15, 0.2) is 48.5 Å². The molecule has 1 amide bonds. The highest BCUT2D eigenvalue weighted by Gasteiger charge is 2.29. The number of aryl methyl sites for hydroxylation is 1. The number of para-hydroxylation sites is 1. The molecule has 0 saturated carbocycles. The van der Waals surface area contributed by atoms with Gasteiger partial charge in [-0.1, -0.05) is 30.3 Å². The molecular weight excluding hydrogens is 331 g/mol. The van der Waals surface area contributed by atoms with Crippen molar-refractivity contribution >= 4 is 5.91 Å². The molecule has 3 rings (SSSR count). The Morgan fingerprint density at radius 3 is 2.62 bits per heavy atom. The van der Waals surface area contributed by atoms with Crippen LogP contribution in [0.4, 0.5) is 4.39 Å². The van der Waals surface area contributed by atoms with E-state index >= 15 is 0 Å². The minimum atomic E-state index is -0.251. The third kappa shape index (κ3) is 4.22. The molecule has 1 unspecified atom stereocenters. The van der Waals surface area contributed by atoms with E-state index in [4.69, 9.17) is 4.74 Å². The molecule has 138 valence electrons. The first-order chi connectivity index (χ1) is 12.6. The number of carbonyl (C=O) groups is 1. The van der Waals surface area contributed by atoms with Crippen LogP contribution in [-0.2, 0) is 11.2 Å². The Morgan fingerprint density at radius 1 is 1.15 bits per heavy atom. The van der Waals surface area contributed by atoms with Crippen molar-refractivity contribution in [2.75, 3.05) is 33.8 Å². The summed E-state index contributed by atoms with van der Waals surface area (Å²) in [5.74, 6) is 0.742. The van der Waals surface area contributed by atoms with E-state index in [1.807, 2.05) is 23.1 Å². The van der Waals surface area contributed by atoms with Crippen LogP contribution >= 0.6 is 0 Å². The molecule has 1 aliphatic heterocycles. The minimum absolute atomic E-state index is 0.120. The average molecular weight is 356 g/mol. The number of halogens is 1. The lowest BCUT2D eigenvalue weighted by atomic mass is 10.0. The summed E-state index contributed by atoms with van der Waals surface area (Å²) in [5, 5.41) is 0. The van der Waals surface area contributed by atoms with Gasteiger partial charge in [0, 0.05) is 31.6 Å². The predicted molar refractivity (Wildman–Crippen MR) is 99.7 cm³/mol. The van der Waals surface area contributed by atoms with Crippen LogP contribution in [0.5, 0.6) is 5.75 Å². The monoisotopic (exact) mass is 356 g/mol. The second-order valence-corrected chi connectivity index (χ2v) is 6.70. The molecule has 1 heterocycles. The second kappa shape index (κ2) is 8.32. The fourth-order valence-electron chi connectivity index (χ4n) is 3.44. The Labute approximate surface area is 154 Å². The smallest absolute Gasteiger partial charge is 0.223 e. The molecule has 0 spiro atoms. The molecule has 0 aromatic heterocycles. The SMILES string of the molecule is COc1ccccc1C1CN(C(=O)CCc2ccc(F)cc2)CCN1C. The van der Waals surface area contributed by atoms with Gasteiger partial charge in [0.15, 0.2) is 0 Å². The van der Waals surface area contributed by atoms with Crippen molar-refractivity contribution in [2.45, 2.75) is 18.9 Å². The maximum absolute atomic E-state index is 13.0. The van der Waals surface area contributed by atoms with Crippen molar-refractivity contribution in [3.63, 3.8) is 0 Å². The zero-order chi connectivity index (χ0) is 18.5. The first-order valence-corrected chi connectivity index (χ1v) is 8.94. The number of benzene rings is 2. The van der Waals surface area contributed by atoms with Crippen LogP contribution in [-0.4, -0.2) is 49.5 Å². The lowest BCUT2D eigenvalue weighted by Crippen LogP contribution is -2.49. The number of piperazine rings is 1. The van der Waals surface area contributed by atoms with E-state index in [1.165, 1.54) is 12.1 Å². The fourth-order valence-corrected chi connectivity index (χ4v) is 3.44. The summed E-state index contributed by atoms with van der Waals surface area (Å²) in [6, 6.07) is 14.5. The molecule has 26 heavy (non-hydrogen) atoms. The molecule has 2 aromatic rings. The lowest BCUT2D eigenvalue weighted by molar-refractivity contribution is -0.134. The van der Waals surface area contributed by atoms with Gasteiger partial charge < -0.3 is 9.64 Å². The topological polar surface area (TPSA) is 32.8 Å². The molecule has 0 N–H and O–H groups in total. The maximum atomic E-state index is 13.0. The van der Waals surface area contributed by atoms with E-state index < -0.39 is 0 Å². The molecule has 2 aromatic carbocycles.